The topological polar surface area (TPSA) is 180 Å². The molecule has 3 aromatic rings. The molecule has 5 atom stereocenters. The molecule has 3 N–H and O–H groups in total. The second kappa shape index (κ2) is 15.6. The number of benzene rings is 1. The van der Waals surface area contributed by atoms with Crippen LogP contribution in [0.3, 0.4) is 0 Å². The lowest BCUT2D eigenvalue weighted by atomic mass is 9.83. The number of hydrogen-bond acceptors (Lipinski definition) is 11. The van der Waals surface area contributed by atoms with Crippen LogP contribution in [0.4, 0.5) is 14.3 Å². The minimum atomic E-state index is -3.92. The van der Waals surface area contributed by atoms with Gasteiger partial charge in [0.2, 0.25) is 27.8 Å². The number of nitrogens with one attached hydrogen (secondary N) is 3. The lowest BCUT2D eigenvalue weighted by molar-refractivity contribution is -0.141. The predicted octanol–water partition coefficient (Wildman–Crippen LogP) is 5.15. The van der Waals surface area contributed by atoms with Gasteiger partial charge in [-0.05, 0) is 67.3 Å². The number of nitrogens with zero attached hydrogens (tertiary/aromatic N) is 4. The number of amides is 4. The molecule has 0 radical (unpaired) electrons. The highest BCUT2D eigenvalue weighted by Crippen LogP contribution is 2.46. The maximum absolute atomic E-state index is 14.9. The van der Waals surface area contributed by atoms with Gasteiger partial charge < -0.3 is 20.3 Å². The highest BCUT2D eigenvalue weighted by molar-refractivity contribution is 7.91. The molecule has 4 fully saturated rings. The van der Waals surface area contributed by atoms with Crippen molar-refractivity contribution in [3.8, 4) is 11.3 Å². The molecule has 2 aromatic heterocycles. The van der Waals surface area contributed by atoms with E-state index >= 15 is 0 Å². The van der Waals surface area contributed by atoms with Crippen molar-refractivity contribution < 1.29 is 36.7 Å². The molecule has 1 saturated heterocycles. The molecular formula is C39H43ClFN7O7S2. The molecule has 4 amide bonds. The summed E-state index contributed by atoms with van der Waals surface area (Å²) < 4.78 is 47.2. The normalized spacial score (nSPS) is 25.0. The summed E-state index contributed by atoms with van der Waals surface area (Å²) >= 11 is 7.68. The average molecular weight is 840 g/mol. The predicted molar refractivity (Wildman–Crippen MR) is 210 cm³/mol. The van der Waals surface area contributed by atoms with Crippen LogP contribution in [0.15, 0.2) is 54.6 Å². The molecule has 3 saturated carbocycles. The standard InChI is InChI=1S/C39H43ClFN7O7S2/c1-2-25-16-39(25,36(51)46-57(53,54)27-12-13-27)45-34(49)31-15-26(55-38(52)47-18-24-9-6-10-29(40)28(24)20-47)19-48(31)35(50)33(22-7-4-3-5-8-22)44-37-43-30(21-56-37)23-11-14-32(41)42-17-23/h2,6,9-11,14,17,21-22,25-27,31,33H,1,3-5,7-8,12-13,15-16,18-20H2,(H,43,44)(H,45,49)(H,46,51)/t25-,26-,31+,33?,39-/m1/s1. The summed E-state index contributed by atoms with van der Waals surface area (Å²) in [5, 5.41) is 8.29. The van der Waals surface area contributed by atoms with E-state index in [2.05, 4.69) is 31.9 Å². The fourth-order valence-electron chi connectivity index (χ4n) is 8.28. The largest absolute Gasteiger partial charge is 0.444 e. The molecule has 8 rings (SSSR count). The highest BCUT2D eigenvalue weighted by atomic mass is 35.5. The van der Waals surface area contributed by atoms with Gasteiger partial charge >= 0.3 is 6.09 Å². The van der Waals surface area contributed by atoms with E-state index in [4.69, 9.17) is 16.3 Å². The Morgan fingerprint density at radius 3 is 2.56 bits per heavy atom. The van der Waals surface area contributed by atoms with Gasteiger partial charge in [-0.1, -0.05) is 49.1 Å². The number of aromatic nitrogens is 2. The number of hydrogen-bond donors (Lipinski definition) is 3. The molecule has 18 heteroatoms. The summed E-state index contributed by atoms with van der Waals surface area (Å²) in [6.45, 7) is 4.22. The number of anilines is 1. The zero-order valence-corrected chi connectivity index (χ0v) is 33.4. The molecule has 302 valence electrons. The van der Waals surface area contributed by atoms with Gasteiger partial charge in [-0.3, -0.25) is 24.0 Å². The Morgan fingerprint density at radius 2 is 1.88 bits per heavy atom. The minimum Gasteiger partial charge on any atom is -0.444 e. The van der Waals surface area contributed by atoms with E-state index < -0.39 is 74.7 Å². The summed E-state index contributed by atoms with van der Waals surface area (Å²) in [7, 11) is -3.92. The molecule has 0 spiro atoms. The minimum absolute atomic E-state index is 0.0575. The number of likely N-dealkylation sites (tertiary alicyclic amines) is 1. The van der Waals surface area contributed by atoms with Gasteiger partial charge in [-0.25, -0.2) is 23.2 Å². The second-order valence-corrected chi connectivity index (χ2v) is 18.8. The first-order chi connectivity index (χ1) is 27.3. The van der Waals surface area contributed by atoms with E-state index in [9.17, 15) is 32.0 Å². The number of pyridine rings is 1. The molecule has 2 aliphatic heterocycles. The van der Waals surface area contributed by atoms with Crippen LogP contribution in [0.1, 0.15) is 68.9 Å². The monoisotopic (exact) mass is 839 g/mol. The first-order valence-electron chi connectivity index (χ1n) is 19.2. The van der Waals surface area contributed by atoms with Crippen molar-refractivity contribution in [2.75, 3.05) is 11.9 Å². The Labute approximate surface area is 338 Å². The van der Waals surface area contributed by atoms with Gasteiger partial charge in [-0.15, -0.1) is 17.9 Å². The van der Waals surface area contributed by atoms with Crippen molar-refractivity contribution in [2.45, 2.75) is 99.9 Å². The van der Waals surface area contributed by atoms with Gasteiger partial charge in [0.15, 0.2) is 5.13 Å². The smallest absolute Gasteiger partial charge is 0.410 e. The maximum Gasteiger partial charge on any atom is 0.410 e. The summed E-state index contributed by atoms with van der Waals surface area (Å²) in [5.74, 6) is -3.18. The Kier molecular flexibility index (Phi) is 10.8. The summed E-state index contributed by atoms with van der Waals surface area (Å²) in [6.07, 6.45) is 6.72. The number of carbonyl (C=O) groups excluding carboxylic acids is 4. The average Bonchev–Trinajstić information content (AvgIpc) is 4.01. The number of fused-ring (bicyclic) bond motifs is 1. The van der Waals surface area contributed by atoms with Crippen molar-refractivity contribution >= 4 is 61.9 Å². The van der Waals surface area contributed by atoms with Gasteiger partial charge in [0.25, 0.3) is 5.91 Å². The van der Waals surface area contributed by atoms with Crippen LogP contribution < -0.4 is 15.4 Å². The van der Waals surface area contributed by atoms with Crippen molar-refractivity contribution in [3.63, 3.8) is 0 Å². The van der Waals surface area contributed by atoms with Crippen LogP contribution >= 0.6 is 22.9 Å². The first-order valence-corrected chi connectivity index (χ1v) is 22.0. The number of halogens is 2. The Hall–Kier alpha value is -4.61. The Morgan fingerprint density at radius 1 is 1.09 bits per heavy atom. The third kappa shape index (κ3) is 8.10. The van der Waals surface area contributed by atoms with E-state index in [1.54, 1.807) is 17.5 Å². The first kappa shape index (κ1) is 39.2. The summed E-state index contributed by atoms with van der Waals surface area (Å²) in [5.41, 5.74) is 1.31. The Balaban J connectivity index is 1.05. The van der Waals surface area contributed by atoms with Crippen LogP contribution in [0.2, 0.25) is 5.02 Å². The number of ether oxygens (including phenoxy) is 1. The fourth-order valence-corrected chi connectivity index (χ4v) is 10.7. The lowest BCUT2D eigenvalue weighted by Gasteiger charge is -2.34. The molecular weight excluding hydrogens is 797 g/mol. The molecule has 5 aliphatic rings. The molecule has 3 aliphatic carbocycles. The van der Waals surface area contributed by atoms with Crippen molar-refractivity contribution in [1.29, 1.82) is 0 Å². The van der Waals surface area contributed by atoms with Crippen molar-refractivity contribution in [1.82, 2.24) is 29.8 Å². The van der Waals surface area contributed by atoms with Gasteiger partial charge in [0, 0.05) is 41.0 Å². The molecule has 4 heterocycles. The maximum atomic E-state index is 14.9. The van der Waals surface area contributed by atoms with Crippen LogP contribution in [-0.2, 0) is 42.2 Å². The molecule has 14 nitrogen and oxygen atoms in total. The number of carbonyl (C=O) groups is 4. The van der Waals surface area contributed by atoms with Crippen molar-refractivity contribution in [2.24, 2.45) is 11.8 Å². The van der Waals surface area contributed by atoms with Crippen LogP contribution in [0.25, 0.3) is 11.3 Å². The molecule has 1 aromatic carbocycles. The van der Waals surface area contributed by atoms with Gasteiger partial charge in [0.1, 0.15) is 23.7 Å². The lowest BCUT2D eigenvalue weighted by Crippen LogP contribution is -2.58. The summed E-state index contributed by atoms with van der Waals surface area (Å²) in [6, 6.07) is 6.30. The SMILES string of the molecule is C=C[C@@H]1C[C@]1(NC(=O)[C@@H]1C[C@@H](OC(=O)N2Cc3cccc(Cl)c3C2)CN1C(=O)C(Nc1nc(-c2ccc(F)nc2)cs1)C1CCCCC1)C(=O)NS(=O)(=O)C1CC1. The van der Waals surface area contributed by atoms with Crippen LogP contribution in [0, 0.1) is 17.8 Å². The van der Waals surface area contributed by atoms with Gasteiger partial charge in [0.05, 0.1) is 24.0 Å². The second-order valence-electron chi connectivity index (χ2n) is 15.6. The van der Waals surface area contributed by atoms with E-state index in [-0.39, 0.29) is 38.4 Å². The highest BCUT2D eigenvalue weighted by Gasteiger charge is 2.62. The molecule has 1 unspecified atom stereocenters. The molecule has 0 bridgehead atoms. The third-order valence-corrected chi connectivity index (χ3v) is 14.7. The summed E-state index contributed by atoms with van der Waals surface area (Å²) in [4.78, 5) is 67.8. The Bertz CT molecular complexity index is 2200. The van der Waals surface area contributed by atoms with Crippen LogP contribution in [-0.4, -0.2) is 87.5 Å². The number of thiazole rings is 1. The van der Waals surface area contributed by atoms with E-state index in [1.807, 2.05) is 12.1 Å². The quantitative estimate of drug-likeness (QED) is 0.163. The zero-order chi connectivity index (χ0) is 40.1. The fraction of sp³-hybridized carbons (Fsp3) is 0.487. The third-order valence-electron chi connectivity index (χ3n) is 11.7. The van der Waals surface area contributed by atoms with E-state index in [0.717, 1.165) is 43.2 Å². The van der Waals surface area contributed by atoms with E-state index in [0.29, 0.717) is 34.3 Å². The number of rotatable bonds is 12. The van der Waals surface area contributed by atoms with Crippen molar-refractivity contribution in [3.05, 3.63) is 76.7 Å². The van der Waals surface area contributed by atoms with E-state index in [1.165, 1.54) is 39.5 Å². The number of sulfonamides is 1. The van der Waals surface area contributed by atoms with Gasteiger partial charge in [-0.2, -0.15) is 4.39 Å². The zero-order valence-electron chi connectivity index (χ0n) is 31.0. The molecule has 57 heavy (non-hydrogen) atoms. The van der Waals surface area contributed by atoms with Crippen LogP contribution in [0.5, 0.6) is 0 Å².